The summed E-state index contributed by atoms with van der Waals surface area (Å²) in [7, 11) is -3.43. The quantitative estimate of drug-likeness (QED) is 0.621. The van der Waals surface area contributed by atoms with Gasteiger partial charge in [-0.1, -0.05) is 12.1 Å². The summed E-state index contributed by atoms with van der Waals surface area (Å²) < 4.78 is 26.7. The van der Waals surface area contributed by atoms with Crippen molar-refractivity contribution in [2.75, 3.05) is 13.1 Å². The molecule has 21 heavy (non-hydrogen) atoms. The van der Waals surface area contributed by atoms with Crippen molar-refractivity contribution in [1.82, 2.24) is 10.0 Å². The van der Waals surface area contributed by atoms with E-state index in [0.717, 1.165) is 19.4 Å². The molecule has 0 amide bonds. The van der Waals surface area contributed by atoms with E-state index in [0.29, 0.717) is 12.1 Å². The molecule has 7 nitrogen and oxygen atoms in total. The number of piperidine rings is 1. The van der Waals surface area contributed by atoms with Gasteiger partial charge in [-0.05, 0) is 24.9 Å². The molecule has 0 saturated carbocycles. The predicted molar refractivity (Wildman–Crippen MR) is 82.0 cm³/mol. The van der Waals surface area contributed by atoms with Crippen molar-refractivity contribution in [2.45, 2.75) is 24.6 Å². The summed E-state index contributed by atoms with van der Waals surface area (Å²) in [5.41, 5.74) is 0.488. The first kappa shape index (κ1) is 17.8. The number of halogens is 1. The fraction of sp³-hybridized carbons (Fsp3) is 0.500. The number of nitrogens with one attached hydrogen (secondary N) is 2. The summed E-state index contributed by atoms with van der Waals surface area (Å²) in [4.78, 5) is 10.0. The molecule has 1 aromatic rings. The molecule has 2 N–H and O–H groups in total. The van der Waals surface area contributed by atoms with E-state index in [2.05, 4.69) is 10.0 Å². The lowest BCUT2D eigenvalue weighted by atomic mass is 10.1. The number of non-ortho nitro benzene ring substituents is 1. The Kier molecular flexibility index (Phi) is 6.53. The molecular formula is C12H18ClN3O4S. The van der Waals surface area contributed by atoms with E-state index in [1.807, 2.05) is 0 Å². The molecule has 0 spiro atoms. The molecule has 0 aliphatic carbocycles. The van der Waals surface area contributed by atoms with Gasteiger partial charge in [0.25, 0.3) is 5.69 Å². The highest BCUT2D eigenvalue weighted by Crippen LogP contribution is 2.14. The lowest BCUT2D eigenvalue weighted by Crippen LogP contribution is -2.45. The largest absolute Gasteiger partial charge is 0.315 e. The number of sulfonamides is 1. The van der Waals surface area contributed by atoms with Crippen LogP contribution in [0.2, 0.25) is 0 Å². The molecular weight excluding hydrogens is 318 g/mol. The molecule has 1 heterocycles. The molecule has 9 heteroatoms. The molecule has 1 saturated heterocycles. The van der Waals surface area contributed by atoms with E-state index in [9.17, 15) is 18.5 Å². The van der Waals surface area contributed by atoms with Crippen LogP contribution in [0.3, 0.4) is 0 Å². The van der Waals surface area contributed by atoms with Crippen LogP contribution in [0.4, 0.5) is 5.69 Å². The van der Waals surface area contributed by atoms with Gasteiger partial charge < -0.3 is 5.32 Å². The van der Waals surface area contributed by atoms with Crippen LogP contribution in [-0.2, 0) is 15.8 Å². The monoisotopic (exact) mass is 335 g/mol. The van der Waals surface area contributed by atoms with Gasteiger partial charge in [0.1, 0.15) is 0 Å². The van der Waals surface area contributed by atoms with Crippen LogP contribution in [0.1, 0.15) is 18.4 Å². The lowest BCUT2D eigenvalue weighted by Gasteiger charge is -2.23. The van der Waals surface area contributed by atoms with Gasteiger partial charge in [0.2, 0.25) is 10.0 Å². The van der Waals surface area contributed by atoms with Gasteiger partial charge in [-0.3, -0.25) is 10.1 Å². The number of nitrogens with zero attached hydrogens (tertiary/aromatic N) is 1. The average molecular weight is 336 g/mol. The molecule has 0 radical (unpaired) electrons. The van der Waals surface area contributed by atoms with Crippen LogP contribution in [0.15, 0.2) is 24.3 Å². The topological polar surface area (TPSA) is 101 Å². The Balaban J connectivity index is 0.00000220. The molecule has 1 aliphatic heterocycles. The number of nitro groups is 1. The summed E-state index contributed by atoms with van der Waals surface area (Å²) in [6, 6.07) is 5.49. The molecule has 1 aliphatic rings. The van der Waals surface area contributed by atoms with E-state index in [4.69, 9.17) is 0 Å². The van der Waals surface area contributed by atoms with Crippen molar-refractivity contribution in [3.05, 3.63) is 39.9 Å². The molecule has 0 bridgehead atoms. The number of rotatable bonds is 5. The second-order valence-electron chi connectivity index (χ2n) is 4.84. The number of benzene rings is 1. The number of hydrogen-bond acceptors (Lipinski definition) is 5. The molecule has 2 rings (SSSR count). The van der Waals surface area contributed by atoms with Crippen molar-refractivity contribution >= 4 is 28.1 Å². The summed E-state index contributed by atoms with van der Waals surface area (Å²) in [5.74, 6) is -0.165. The molecule has 1 fully saturated rings. The molecule has 1 atom stereocenters. The van der Waals surface area contributed by atoms with Crippen LogP contribution in [0, 0.1) is 10.1 Å². The smallest absolute Gasteiger partial charge is 0.269 e. The minimum Gasteiger partial charge on any atom is -0.315 e. The molecule has 0 aromatic heterocycles. The first-order chi connectivity index (χ1) is 9.46. The van der Waals surface area contributed by atoms with Gasteiger partial charge in [-0.15, -0.1) is 12.4 Å². The second kappa shape index (κ2) is 7.69. The van der Waals surface area contributed by atoms with Crippen molar-refractivity contribution in [2.24, 2.45) is 0 Å². The van der Waals surface area contributed by atoms with Gasteiger partial charge in [-0.25, -0.2) is 13.1 Å². The third-order valence-corrected chi connectivity index (χ3v) is 4.55. The van der Waals surface area contributed by atoms with Crippen LogP contribution in [0.5, 0.6) is 0 Å². The highest BCUT2D eigenvalue weighted by Gasteiger charge is 2.20. The van der Waals surface area contributed by atoms with Crippen LogP contribution >= 0.6 is 12.4 Å². The lowest BCUT2D eigenvalue weighted by molar-refractivity contribution is -0.384. The standard InChI is InChI=1S/C12H17N3O4S.ClH/c16-15(17)12-5-3-10(4-6-12)9-20(18,19)14-11-2-1-7-13-8-11;/h3-6,11,13-14H,1-2,7-9H2;1H/t11-;/m0./s1. The van der Waals surface area contributed by atoms with Crippen molar-refractivity contribution < 1.29 is 13.3 Å². The zero-order valence-corrected chi connectivity index (χ0v) is 13.0. The van der Waals surface area contributed by atoms with E-state index < -0.39 is 14.9 Å². The highest BCUT2D eigenvalue weighted by molar-refractivity contribution is 7.88. The van der Waals surface area contributed by atoms with E-state index in [1.165, 1.54) is 24.3 Å². The van der Waals surface area contributed by atoms with Crippen molar-refractivity contribution in [1.29, 1.82) is 0 Å². The van der Waals surface area contributed by atoms with Crippen LogP contribution < -0.4 is 10.0 Å². The zero-order valence-electron chi connectivity index (χ0n) is 11.3. The first-order valence-electron chi connectivity index (χ1n) is 6.40. The minimum atomic E-state index is -3.43. The van der Waals surface area contributed by atoms with Crippen molar-refractivity contribution in [3.63, 3.8) is 0 Å². The summed E-state index contributed by atoms with van der Waals surface area (Å²) in [5, 5.41) is 13.7. The Hall–Kier alpha value is -1.22. The second-order valence-corrected chi connectivity index (χ2v) is 6.60. The summed E-state index contributed by atoms with van der Waals surface area (Å²) in [6.45, 7) is 1.56. The van der Waals surface area contributed by atoms with Crippen molar-refractivity contribution in [3.8, 4) is 0 Å². The first-order valence-corrected chi connectivity index (χ1v) is 8.05. The molecule has 0 unspecified atom stereocenters. The van der Waals surface area contributed by atoms with Crippen LogP contribution in [0.25, 0.3) is 0 Å². The predicted octanol–water partition coefficient (Wildman–Crippen LogP) is 1.19. The Morgan fingerprint density at radius 2 is 2.00 bits per heavy atom. The SMILES string of the molecule is Cl.O=[N+]([O-])c1ccc(CS(=O)(=O)N[C@H]2CCCNC2)cc1. The van der Waals surface area contributed by atoms with E-state index >= 15 is 0 Å². The Labute approximate surface area is 129 Å². The zero-order chi connectivity index (χ0) is 14.6. The summed E-state index contributed by atoms with van der Waals surface area (Å²) in [6.07, 6.45) is 1.78. The molecule has 1 aromatic carbocycles. The maximum Gasteiger partial charge on any atom is 0.269 e. The third-order valence-electron chi connectivity index (χ3n) is 3.15. The van der Waals surface area contributed by atoms with E-state index in [-0.39, 0.29) is 29.9 Å². The van der Waals surface area contributed by atoms with E-state index in [1.54, 1.807) is 0 Å². The fourth-order valence-corrected chi connectivity index (χ4v) is 3.60. The Morgan fingerprint density at radius 1 is 1.33 bits per heavy atom. The molecule has 118 valence electrons. The number of nitro benzene ring substituents is 1. The summed E-state index contributed by atoms with van der Waals surface area (Å²) >= 11 is 0. The van der Waals surface area contributed by atoms with Crippen LogP contribution in [-0.4, -0.2) is 32.5 Å². The van der Waals surface area contributed by atoms with Gasteiger partial charge in [0, 0.05) is 24.7 Å². The number of hydrogen-bond donors (Lipinski definition) is 2. The maximum atomic E-state index is 12.0. The minimum absolute atomic E-state index is 0. The van der Waals surface area contributed by atoms with Gasteiger partial charge >= 0.3 is 0 Å². The Bertz CT molecular complexity index is 571. The van der Waals surface area contributed by atoms with Gasteiger partial charge in [0.05, 0.1) is 10.7 Å². The average Bonchev–Trinajstić information content (AvgIpc) is 2.39. The maximum absolute atomic E-state index is 12.0. The third kappa shape index (κ3) is 5.58. The normalized spacial score (nSPS) is 18.8. The highest BCUT2D eigenvalue weighted by atomic mass is 35.5. The van der Waals surface area contributed by atoms with Gasteiger partial charge in [0.15, 0.2) is 0 Å². The Morgan fingerprint density at radius 3 is 2.52 bits per heavy atom. The fourth-order valence-electron chi connectivity index (χ4n) is 2.18. The van der Waals surface area contributed by atoms with Gasteiger partial charge in [-0.2, -0.15) is 0 Å².